The molecule has 0 aliphatic carbocycles. The molecule has 0 heterocycles. The molecule has 0 saturated carbocycles. The third-order valence-corrected chi connectivity index (χ3v) is 3.27. The minimum Gasteiger partial charge on any atom is -0.481 e. The van der Waals surface area contributed by atoms with Crippen LogP contribution in [-0.4, -0.2) is 12.0 Å². The third-order valence-electron chi connectivity index (χ3n) is 2.95. The van der Waals surface area contributed by atoms with Gasteiger partial charge in [0.1, 0.15) is 5.75 Å². The van der Waals surface area contributed by atoms with Gasteiger partial charge in [0.05, 0.1) is 10.7 Å². The first-order valence-electron chi connectivity index (χ1n) is 6.55. The highest BCUT2D eigenvalue weighted by Gasteiger charge is 2.16. The first-order chi connectivity index (χ1) is 9.95. The SMILES string of the molecule is Cc1ccc(OC(C)C(=O)Nc2ccc(N)cc2Cl)cc1. The Bertz CT molecular complexity index is 641. The van der Waals surface area contributed by atoms with Crippen molar-refractivity contribution in [2.75, 3.05) is 11.1 Å². The van der Waals surface area contributed by atoms with Crippen LogP contribution in [0.15, 0.2) is 42.5 Å². The summed E-state index contributed by atoms with van der Waals surface area (Å²) in [4.78, 5) is 12.1. The molecular formula is C16H17ClN2O2. The number of halogens is 1. The van der Waals surface area contributed by atoms with Gasteiger partial charge in [-0.3, -0.25) is 4.79 Å². The summed E-state index contributed by atoms with van der Waals surface area (Å²) in [6.07, 6.45) is -0.638. The maximum atomic E-state index is 12.1. The van der Waals surface area contributed by atoms with Gasteiger partial charge < -0.3 is 15.8 Å². The summed E-state index contributed by atoms with van der Waals surface area (Å²) in [5.41, 5.74) is 7.80. The summed E-state index contributed by atoms with van der Waals surface area (Å²) >= 11 is 6.02. The van der Waals surface area contributed by atoms with Crippen molar-refractivity contribution in [2.45, 2.75) is 20.0 Å². The van der Waals surface area contributed by atoms with E-state index in [0.29, 0.717) is 22.1 Å². The molecular weight excluding hydrogens is 288 g/mol. The number of ether oxygens (including phenoxy) is 1. The molecule has 2 aromatic rings. The first kappa shape index (κ1) is 15.2. The number of amides is 1. The molecule has 0 bridgehead atoms. The summed E-state index contributed by atoms with van der Waals surface area (Å²) in [7, 11) is 0. The van der Waals surface area contributed by atoms with Gasteiger partial charge in [-0.2, -0.15) is 0 Å². The van der Waals surface area contributed by atoms with E-state index in [2.05, 4.69) is 5.32 Å². The highest BCUT2D eigenvalue weighted by Crippen LogP contribution is 2.24. The number of hydrogen-bond acceptors (Lipinski definition) is 3. The Morgan fingerprint density at radius 3 is 2.52 bits per heavy atom. The number of rotatable bonds is 4. The fraction of sp³-hybridized carbons (Fsp3) is 0.188. The van der Waals surface area contributed by atoms with Crippen LogP contribution < -0.4 is 15.8 Å². The molecule has 1 unspecified atom stereocenters. The first-order valence-corrected chi connectivity index (χ1v) is 6.92. The largest absolute Gasteiger partial charge is 0.481 e. The molecule has 0 aliphatic rings. The zero-order valence-electron chi connectivity index (χ0n) is 11.9. The summed E-state index contributed by atoms with van der Waals surface area (Å²) in [6, 6.07) is 12.4. The molecule has 2 aromatic carbocycles. The van der Waals surface area contributed by atoms with Crippen LogP contribution in [0.25, 0.3) is 0 Å². The lowest BCUT2D eigenvalue weighted by Crippen LogP contribution is -2.30. The van der Waals surface area contributed by atoms with E-state index in [1.165, 1.54) is 0 Å². The summed E-state index contributed by atoms with van der Waals surface area (Å²) in [5, 5.41) is 3.11. The van der Waals surface area contributed by atoms with Crippen LogP contribution in [-0.2, 0) is 4.79 Å². The van der Waals surface area contributed by atoms with Gasteiger partial charge in [0.15, 0.2) is 6.10 Å². The highest BCUT2D eigenvalue weighted by atomic mass is 35.5. The van der Waals surface area contributed by atoms with Crippen molar-refractivity contribution in [2.24, 2.45) is 0 Å². The van der Waals surface area contributed by atoms with Crippen LogP contribution in [0.1, 0.15) is 12.5 Å². The minimum atomic E-state index is -0.638. The van der Waals surface area contributed by atoms with Gasteiger partial charge in [0.2, 0.25) is 0 Å². The molecule has 21 heavy (non-hydrogen) atoms. The lowest BCUT2D eigenvalue weighted by Gasteiger charge is -2.15. The second kappa shape index (κ2) is 6.50. The molecule has 0 fully saturated rings. The summed E-state index contributed by atoms with van der Waals surface area (Å²) < 4.78 is 5.59. The molecule has 2 rings (SSSR count). The Hall–Kier alpha value is -2.20. The smallest absolute Gasteiger partial charge is 0.265 e. The van der Waals surface area contributed by atoms with E-state index in [9.17, 15) is 4.79 Å². The molecule has 1 atom stereocenters. The quantitative estimate of drug-likeness (QED) is 0.848. The van der Waals surface area contributed by atoms with E-state index in [1.54, 1.807) is 25.1 Å². The Labute approximate surface area is 128 Å². The Kier molecular flexibility index (Phi) is 4.70. The maximum Gasteiger partial charge on any atom is 0.265 e. The predicted octanol–water partition coefficient (Wildman–Crippen LogP) is 3.64. The normalized spacial score (nSPS) is 11.8. The van der Waals surface area contributed by atoms with E-state index in [1.807, 2.05) is 31.2 Å². The number of benzene rings is 2. The van der Waals surface area contributed by atoms with Gasteiger partial charge in [-0.05, 0) is 44.2 Å². The van der Waals surface area contributed by atoms with E-state index >= 15 is 0 Å². The number of hydrogen-bond donors (Lipinski definition) is 2. The van der Waals surface area contributed by atoms with Crippen LogP contribution in [0.3, 0.4) is 0 Å². The molecule has 0 aromatic heterocycles. The Balaban J connectivity index is 2.00. The van der Waals surface area contributed by atoms with E-state index in [4.69, 9.17) is 22.1 Å². The molecule has 1 amide bonds. The minimum absolute atomic E-state index is 0.276. The van der Waals surface area contributed by atoms with Crippen molar-refractivity contribution in [3.8, 4) is 5.75 Å². The number of anilines is 2. The molecule has 5 heteroatoms. The lowest BCUT2D eigenvalue weighted by atomic mass is 10.2. The molecule has 0 aliphatic heterocycles. The van der Waals surface area contributed by atoms with Gasteiger partial charge in [0, 0.05) is 5.69 Å². The van der Waals surface area contributed by atoms with E-state index in [-0.39, 0.29) is 5.91 Å². The van der Waals surface area contributed by atoms with Gasteiger partial charge in [-0.25, -0.2) is 0 Å². The summed E-state index contributed by atoms with van der Waals surface area (Å²) in [5.74, 6) is 0.369. The zero-order chi connectivity index (χ0) is 15.4. The number of carbonyl (C=O) groups is 1. The van der Waals surface area contributed by atoms with Gasteiger partial charge in [-0.1, -0.05) is 29.3 Å². The van der Waals surface area contributed by atoms with Crippen LogP contribution in [0.5, 0.6) is 5.75 Å². The average Bonchev–Trinajstić information content (AvgIpc) is 2.44. The monoisotopic (exact) mass is 304 g/mol. The molecule has 110 valence electrons. The fourth-order valence-corrected chi connectivity index (χ4v) is 1.98. The fourth-order valence-electron chi connectivity index (χ4n) is 1.74. The number of nitrogens with one attached hydrogen (secondary N) is 1. The highest BCUT2D eigenvalue weighted by molar-refractivity contribution is 6.34. The van der Waals surface area contributed by atoms with Gasteiger partial charge >= 0.3 is 0 Å². The van der Waals surface area contributed by atoms with Crippen molar-refractivity contribution in [3.05, 3.63) is 53.1 Å². The van der Waals surface area contributed by atoms with Crippen LogP contribution in [0, 0.1) is 6.92 Å². The molecule has 0 saturated heterocycles. The predicted molar refractivity (Wildman–Crippen MR) is 85.8 cm³/mol. The van der Waals surface area contributed by atoms with Crippen LogP contribution in [0.2, 0.25) is 5.02 Å². The maximum absolute atomic E-state index is 12.1. The molecule has 0 spiro atoms. The summed E-state index contributed by atoms with van der Waals surface area (Å²) in [6.45, 7) is 3.67. The van der Waals surface area contributed by atoms with Crippen LogP contribution in [0.4, 0.5) is 11.4 Å². The van der Waals surface area contributed by atoms with Crippen molar-refractivity contribution in [3.63, 3.8) is 0 Å². The van der Waals surface area contributed by atoms with Crippen LogP contribution >= 0.6 is 11.6 Å². The number of nitrogen functional groups attached to an aromatic ring is 1. The van der Waals surface area contributed by atoms with E-state index in [0.717, 1.165) is 5.56 Å². The van der Waals surface area contributed by atoms with E-state index < -0.39 is 6.10 Å². The Morgan fingerprint density at radius 2 is 1.90 bits per heavy atom. The topological polar surface area (TPSA) is 64.3 Å². The van der Waals surface area contributed by atoms with Gasteiger partial charge in [-0.15, -0.1) is 0 Å². The molecule has 3 N–H and O–H groups in total. The molecule has 0 radical (unpaired) electrons. The Morgan fingerprint density at radius 1 is 1.24 bits per heavy atom. The third kappa shape index (κ3) is 4.13. The lowest BCUT2D eigenvalue weighted by molar-refractivity contribution is -0.122. The van der Waals surface area contributed by atoms with Gasteiger partial charge in [0.25, 0.3) is 5.91 Å². The number of nitrogens with two attached hydrogens (primary N) is 1. The standard InChI is InChI=1S/C16H17ClN2O2/c1-10-3-6-13(7-4-10)21-11(2)16(20)19-15-8-5-12(18)9-14(15)17/h3-9,11H,18H2,1-2H3,(H,19,20). The number of carbonyl (C=O) groups excluding carboxylic acids is 1. The number of aryl methyl sites for hydroxylation is 1. The van der Waals surface area contributed by atoms with Crippen molar-refractivity contribution in [1.29, 1.82) is 0 Å². The second-order valence-corrected chi connectivity index (χ2v) is 5.21. The second-order valence-electron chi connectivity index (χ2n) is 4.80. The van der Waals surface area contributed by atoms with Crippen molar-refractivity contribution in [1.82, 2.24) is 0 Å². The average molecular weight is 305 g/mol. The van der Waals surface area contributed by atoms with Crippen molar-refractivity contribution < 1.29 is 9.53 Å². The molecule has 4 nitrogen and oxygen atoms in total. The zero-order valence-corrected chi connectivity index (χ0v) is 12.6. The van der Waals surface area contributed by atoms with Crippen molar-refractivity contribution >= 4 is 28.9 Å².